The number of hydrogen-bond donors (Lipinski definition) is 1. The summed E-state index contributed by atoms with van der Waals surface area (Å²) in [5.41, 5.74) is 0. The SMILES string of the molecule is CC/C=C\C/C=C\C/C=C\C/C=C\CCCCCCCCCCCCC(=O)OC(COC(=O)CCCCCCC/C=C\C/C=C\CCC)COP(=O)(O)OC. The lowest BCUT2D eigenvalue weighted by Gasteiger charge is -2.19. The predicted molar refractivity (Wildman–Crippen MR) is 230 cm³/mol. The molecule has 0 heterocycles. The molecule has 0 aliphatic heterocycles. The molecule has 0 aliphatic carbocycles. The van der Waals surface area contributed by atoms with Crippen LogP contribution in [0.3, 0.4) is 0 Å². The van der Waals surface area contributed by atoms with Gasteiger partial charge in [-0.2, -0.15) is 0 Å². The topological polar surface area (TPSA) is 108 Å². The maximum Gasteiger partial charge on any atom is 0.472 e. The van der Waals surface area contributed by atoms with Gasteiger partial charge < -0.3 is 14.4 Å². The summed E-state index contributed by atoms with van der Waals surface area (Å²) >= 11 is 0. The Morgan fingerprint density at radius 3 is 1.38 bits per heavy atom. The molecular formula is C46H79O8P. The average molecular weight is 791 g/mol. The highest BCUT2D eigenvalue weighted by Gasteiger charge is 2.24. The Morgan fingerprint density at radius 2 is 0.927 bits per heavy atom. The zero-order valence-electron chi connectivity index (χ0n) is 35.1. The Kier molecular flexibility index (Phi) is 39.3. The fourth-order valence-electron chi connectivity index (χ4n) is 5.63. The molecule has 0 fully saturated rings. The van der Waals surface area contributed by atoms with Crippen molar-refractivity contribution in [2.75, 3.05) is 20.3 Å². The molecule has 8 nitrogen and oxygen atoms in total. The van der Waals surface area contributed by atoms with Crippen LogP contribution in [0.15, 0.2) is 72.9 Å². The quantitative estimate of drug-likeness (QED) is 0.0284. The lowest BCUT2D eigenvalue weighted by atomic mass is 10.0. The van der Waals surface area contributed by atoms with Crippen molar-refractivity contribution in [1.29, 1.82) is 0 Å². The van der Waals surface area contributed by atoms with Gasteiger partial charge >= 0.3 is 19.8 Å². The van der Waals surface area contributed by atoms with Crippen molar-refractivity contribution < 1.29 is 37.6 Å². The van der Waals surface area contributed by atoms with Gasteiger partial charge in [0.25, 0.3) is 0 Å². The molecule has 0 spiro atoms. The Balaban J connectivity index is 3.99. The minimum atomic E-state index is -4.27. The van der Waals surface area contributed by atoms with E-state index < -0.39 is 26.5 Å². The largest absolute Gasteiger partial charge is 0.472 e. The van der Waals surface area contributed by atoms with Crippen LogP contribution < -0.4 is 0 Å². The van der Waals surface area contributed by atoms with Crippen molar-refractivity contribution in [1.82, 2.24) is 0 Å². The van der Waals surface area contributed by atoms with E-state index in [2.05, 4.69) is 91.3 Å². The predicted octanol–water partition coefficient (Wildman–Crippen LogP) is 13.7. The minimum Gasteiger partial charge on any atom is -0.462 e. The molecule has 0 radical (unpaired) electrons. The van der Waals surface area contributed by atoms with E-state index >= 15 is 0 Å². The number of phosphoric acid groups is 1. The number of rotatable bonds is 39. The van der Waals surface area contributed by atoms with Gasteiger partial charge in [-0.15, -0.1) is 0 Å². The number of phosphoric ester groups is 1. The van der Waals surface area contributed by atoms with Gasteiger partial charge in [0.1, 0.15) is 6.61 Å². The highest BCUT2D eigenvalue weighted by Crippen LogP contribution is 2.42. The maximum absolute atomic E-state index is 12.5. The van der Waals surface area contributed by atoms with E-state index in [0.29, 0.717) is 6.42 Å². The van der Waals surface area contributed by atoms with Gasteiger partial charge in [0.2, 0.25) is 0 Å². The third-order valence-corrected chi connectivity index (χ3v) is 9.85. The summed E-state index contributed by atoms with van der Waals surface area (Å²) < 4.78 is 32.0. The highest BCUT2D eigenvalue weighted by atomic mass is 31.2. The molecule has 0 amide bonds. The molecule has 0 bridgehead atoms. The van der Waals surface area contributed by atoms with Gasteiger partial charge in [0, 0.05) is 20.0 Å². The van der Waals surface area contributed by atoms with Crippen molar-refractivity contribution >= 4 is 19.8 Å². The number of carbonyl (C=O) groups excluding carboxylic acids is 2. The van der Waals surface area contributed by atoms with Crippen LogP contribution in [-0.2, 0) is 32.7 Å². The van der Waals surface area contributed by atoms with Gasteiger partial charge in [-0.05, 0) is 77.0 Å². The Labute approximate surface area is 336 Å². The zero-order valence-corrected chi connectivity index (χ0v) is 36.0. The maximum atomic E-state index is 12.5. The molecule has 0 aromatic rings. The summed E-state index contributed by atoms with van der Waals surface area (Å²) in [6.07, 6.45) is 52.4. The third-order valence-electron chi connectivity index (χ3n) is 8.92. The molecule has 0 rings (SSSR count). The Bertz CT molecular complexity index is 1120. The average Bonchev–Trinajstić information content (AvgIpc) is 3.18. The number of ether oxygens (including phenoxy) is 2. The van der Waals surface area contributed by atoms with Crippen LogP contribution >= 0.6 is 7.82 Å². The van der Waals surface area contributed by atoms with Crippen LogP contribution in [0.2, 0.25) is 0 Å². The second-order valence-corrected chi connectivity index (χ2v) is 15.7. The van der Waals surface area contributed by atoms with E-state index in [1.165, 1.54) is 44.9 Å². The molecule has 55 heavy (non-hydrogen) atoms. The fraction of sp³-hybridized carbons (Fsp3) is 0.696. The molecule has 0 aromatic heterocycles. The van der Waals surface area contributed by atoms with E-state index in [9.17, 15) is 19.0 Å². The molecule has 0 aromatic carbocycles. The summed E-state index contributed by atoms with van der Waals surface area (Å²) in [6.45, 7) is 3.69. The van der Waals surface area contributed by atoms with Crippen LogP contribution in [-0.4, -0.2) is 43.3 Å². The summed E-state index contributed by atoms with van der Waals surface area (Å²) in [4.78, 5) is 34.5. The normalized spacial score (nSPS) is 14.0. The van der Waals surface area contributed by atoms with Crippen LogP contribution in [0.1, 0.15) is 181 Å². The van der Waals surface area contributed by atoms with Crippen molar-refractivity contribution in [2.45, 2.75) is 187 Å². The molecule has 0 saturated heterocycles. The standard InChI is InChI=1S/C46H79O8P/c1-4-6-8-10-12-14-16-18-19-20-21-22-23-24-25-26-27-29-31-33-35-37-39-41-46(48)54-44(43-53-55(49,50)51-3)42-52-45(47)40-38-36-34-32-30-28-17-15-13-11-9-7-5-2/h6,8-9,11-12,14-15,17-19,21-22,44H,4-5,7,10,13,16,20,23-43H2,1-3H3,(H,49,50)/b8-6-,11-9-,14-12-,17-15-,19-18-,22-21-. The first-order valence-corrected chi connectivity index (χ1v) is 23.1. The lowest BCUT2D eigenvalue weighted by Crippen LogP contribution is -2.29. The molecular weight excluding hydrogens is 711 g/mol. The lowest BCUT2D eigenvalue weighted by molar-refractivity contribution is -0.161. The van der Waals surface area contributed by atoms with Crippen LogP contribution in [0.5, 0.6) is 0 Å². The Morgan fingerprint density at radius 1 is 0.527 bits per heavy atom. The molecule has 9 heteroatoms. The second kappa shape index (κ2) is 41.1. The summed E-state index contributed by atoms with van der Waals surface area (Å²) in [5, 5.41) is 0. The smallest absolute Gasteiger partial charge is 0.462 e. The van der Waals surface area contributed by atoms with Gasteiger partial charge in [-0.1, -0.05) is 164 Å². The molecule has 2 atom stereocenters. The summed E-state index contributed by atoms with van der Waals surface area (Å²) in [5.74, 6) is -0.830. The van der Waals surface area contributed by atoms with Gasteiger partial charge in [0.15, 0.2) is 6.10 Å². The third kappa shape index (κ3) is 41.0. The number of hydrogen-bond acceptors (Lipinski definition) is 7. The van der Waals surface area contributed by atoms with Gasteiger partial charge in [0.05, 0.1) is 6.61 Å². The first-order valence-electron chi connectivity index (χ1n) is 21.6. The molecule has 1 N–H and O–H groups in total. The van der Waals surface area contributed by atoms with Crippen molar-refractivity contribution in [3.05, 3.63) is 72.9 Å². The zero-order chi connectivity index (χ0) is 40.3. The van der Waals surface area contributed by atoms with Crippen LogP contribution in [0, 0.1) is 0 Å². The van der Waals surface area contributed by atoms with Crippen LogP contribution in [0.25, 0.3) is 0 Å². The van der Waals surface area contributed by atoms with E-state index in [1.807, 2.05) is 0 Å². The van der Waals surface area contributed by atoms with E-state index in [1.54, 1.807) is 0 Å². The van der Waals surface area contributed by atoms with Crippen LogP contribution in [0.4, 0.5) is 0 Å². The Hall–Kier alpha value is -2.51. The highest BCUT2D eigenvalue weighted by molar-refractivity contribution is 7.47. The monoisotopic (exact) mass is 791 g/mol. The van der Waals surface area contributed by atoms with Crippen molar-refractivity contribution in [2.24, 2.45) is 0 Å². The van der Waals surface area contributed by atoms with Gasteiger partial charge in [-0.25, -0.2) is 4.57 Å². The number of carbonyl (C=O) groups is 2. The number of unbranched alkanes of at least 4 members (excludes halogenated alkanes) is 16. The summed E-state index contributed by atoms with van der Waals surface area (Å²) in [7, 11) is -3.21. The number of allylic oxidation sites excluding steroid dienone is 12. The summed E-state index contributed by atoms with van der Waals surface area (Å²) in [6, 6.07) is 0. The van der Waals surface area contributed by atoms with E-state index in [0.717, 1.165) is 110 Å². The number of esters is 2. The van der Waals surface area contributed by atoms with Gasteiger partial charge in [-0.3, -0.25) is 18.6 Å². The van der Waals surface area contributed by atoms with E-state index in [4.69, 9.17) is 14.0 Å². The fourth-order valence-corrected chi connectivity index (χ4v) is 6.09. The van der Waals surface area contributed by atoms with E-state index in [-0.39, 0.29) is 25.4 Å². The minimum absolute atomic E-state index is 0.233. The molecule has 2 unspecified atom stereocenters. The molecule has 0 saturated carbocycles. The second-order valence-electron chi connectivity index (χ2n) is 14.1. The molecule has 0 aliphatic rings. The molecule has 316 valence electrons. The van der Waals surface area contributed by atoms with Crippen molar-refractivity contribution in [3.8, 4) is 0 Å². The first-order chi connectivity index (χ1) is 26.8. The van der Waals surface area contributed by atoms with Crippen molar-refractivity contribution in [3.63, 3.8) is 0 Å². The first kappa shape index (κ1) is 52.5.